The Labute approximate surface area is 170 Å². The van der Waals surface area contributed by atoms with Crippen molar-refractivity contribution in [3.8, 4) is 0 Å². The first-order valence-electron chi connectivity index (χ1n) is 9.39. The fourth-order valence-electron chi connectivity index (χ4n) is 2.71. The summed E-state index contributed by atoms with van der Waals surface area (Å²) in [5.74, 6) is -0.750. The van der Waals surface area contributed by atoms with Crippen molar-refractivity contribution in [2.45, 2.75) is 52.2 Å². The third kappa shape index (κ3) is 6.34. The molecule has 0 unspecified atom stereocenters. The Morgan fingerprint density at radius 1 is 1.04 bits per heavy atom. The molecule has 0 fully saturated rings. The molecule has 0 radical (unpaired) electrons. The summed E-state index contributed by atoms with van der Waals surface area (Å²) in [6, 6.07) is 12.4. The van der Waals surface area contributed by atoms with E-state index in [-0.39, 0.29) is 36.6 Å². The van der Waals surface area contributed by atoms with Gasteiger partial charge in [0, 0.05) is 17.6 Å². The zero-order valence-corrected chi connectivity index (χ0v) is 17.2. The largest absolute Gasteiger partial charge is 0.352 e. The highest BCUT2D eigenvalue weighted by Gasteiger charge is 2.26. The molecule has 150 valence electrons. The summed E-state index contributed by atoms with van der Waals surface area (Å²) in [6.45, 7) is 5.91. The molecule has 2 aromatic carbocycles. The maximum atomic E-state index is 13.1. The van der Waals surface area contributed by atoms with Gasteiger partial charge in [0.25, 0.3) is 0 Å². The van der Waals surface area contributed by atoms with Gasteiger partial charge in [-0.15, -0.1) is 0 Å². The Morgan fingerprint density at radius 3 is 2.18 bits per heavy atom. The van der Waals surface area contributed by atoms with Crippen LogP contribution >= 0.6 is 11.6 Å². The summed E-state index contributed by atoms with van der Waals surface area (Å²) in [5, 5.41) is 3.53. The quantitative estimate of drug-likeness (QED) is 0.710. The first kappa shape index (κ1) is 21.9. The summed E-state index contributed by atoms with van der Waals surface area (Å²) >= 11 is 5.94. The number of benzene rings is 2. The number of rotatable bonds is 8. The van der Waals surface area contributed by atoms with Crippen molar-refractivity contribution < 1.29 is 14.0 Å². The van der Waals surface area contributed by atoms with Crippen molar-refractivity contribution in [3.63, 3.8) is 0 Å². The fraction of sp³-hybridized carbons (Fsp3) is 0.364. The van der Waals surface area contributed by atoms with Crippen molar-refractivity contribution in [1.29, 1.82) is 0 Å². The molecule has 1 N–H and O–H groups in total. The lowest BCUT2D eigenvalue weighted by Gasteiger charge is -2.30. The smallest absolute Gasteiger partial charge is 0.242 e. The van der Waals surface area contributed by atoms with Crippen molar-refractivity contribution in [2.24, 2.45) is 0 Å². The Bertz CT molecular complexity index is 793. The number of hydrogen-bond donors (Lipinski definition) is 1. The van der Waals surface area contributed by atoms with Gasteiger partial charge in [0.2, 0.25) is 11.8 Å². The zero-order valence-electron chi connectivity index (χ0n) is 16.4. The van der Waals surface area contributed by atoms with Crippen LogP contribution in [0.5, 0.6) is 0 Å². The van der Waals surface area contributed by atoms with Crippen LogP contribution in [0.15, 0.2) is 48.5 Å². The average molecular weight is 405 g/mol. The van der Waals surface area contributed by atoms with Crippen LogP contribution in [0.4, 0.5) is 4.39 Å². The van der Waals surface area contributed by atoms with Crippen LogP contribution in [-0.4, -0.2) is 28.8 Å². The molecule has 0 saturated heterocycles. The molecule has 0 aromatic heterocycles. The molecule has 0 heterocycles. The summed E-state index contributed by atoms with van der Waals surface area (Å²) in [5.41, 5.74) is 1.57. The number of nitrogens with zero attached hydrogens (tertiary/aromatic N) is 1. The van der Waals surface area contributed by atoms with Gasteiger partial charge in [0.1, 0.15) is 11.9 Å². The molecule has 0 spiro atoms. The number of halogens is 2. The second kappa shape index (κ2) is 10.2. The number of carbonyl (C=O) groups is 2. The van der Waals surface area contributed by atoms with Crippen LogP contribution in [0.25, 0.3) is 0 Å². The summed E-state index contributed by atoms with van der Waals surface area (Å²) < 4.78 is 13.1. The molecule has 0 aliphatic carbocycles. The number of hydrogen-bond acceptors (Lipinski definition) is 2. The van der Waals surface area contributed by atoms with Crippen molar-refractivity contribution in [2.75, 3.05) is 0 Å². The van der Waals surface area contributed by atoms with Crippen molar-refractivity contribution in [3.05, 3.63) is 70.5 Å². The van der Waals surface area contributed by atoms with Gasteiger partial charge in [-0.25, -0.2) is 4.39 Å². The molecule has 6 heteroatoms. The standard InChI is InChI=1S/C22H26ClFN2O2/c1-4-15(2)25-22(28)16(3)26(14-18-5-9-19(23)10-6-18)21(27)13-17-7-11-20(24)12-8-17/h5-12,15-16H,4,13-14H2,1-3H3,(H,25,28)/t15-,16-/m1/s1. The van der Waals surface area contributed by atoms with Crippen molar-refractivity contribution in [1.82, 2.24) is 10.2 Å². The van der Waals surface area contributed by atoms with Gasteiger partial charge >= 0.3 is 0 Å². The molecule has 2 aromatic rings. The highest BCUT2D eigenvalue weighted by atomic mass is 35.5. The topological polar surface area (TPSA) is 49.4 Å². The van der Waals surface area contributed by atoms with E-state index in [1.807, 2.05) is 26.0 Å². The monoisotopic (exact) mass is 404 g/mol. The SMILES string of the molecule is CC[C@@H](C)NC(=O)[C@@H](C)N(Cc1ccc(Cl)cc1)C(=O)Cc1ccc(F)cc1. The Balaban J connectivity index is 2.20. The minimum Gasteiger partial charge on any atom is -0.352 e. The molecule has 0 saturated carbocycles. The predicted molar refractivity (Wildman–Crippen MR) is 109 cm³/mol. The molecule has 0 aliphatic heterocycles. The van der Waals surface area contributed by atoms with E-state index in [1.165, 1.54) is 12.1 Å². The zero-order chi connectivity index (χ0) is 20.7. The number of amides is 2. The van der Waals surface area contributed by atoms with Crippen LogP contribution in [0.1, 0.15) is 38.3 Å². The highest BCUT2D eigenvalue weighted by Crippen LogP contribution is 2.15. The van der Waals surface area contributed by atoms with Gasteiger partial charge in [-0.05, 0) is 55.7 Å². The average Bonchev–Trinajstić information content (AvgIpc) is 2.68. The first-order chi connectivity index (χ1) is 13.3. The van der Waals surface area contributed by atoms with E-state index >= 15 is 0 Å². The highest BCUT2D eigenvalue weighted by molar-refractivity contribution is 6.30. The Kier molecular flexibility index (Phi) is 8.00. The maximum absolute atomic E-state index is 13.1. The van der Waals surface area contributed by atoms with E-state index in [1.54, 1.807) is 36.1 Å². The molecular formula is C22H26ClFN2O2. The minimum atomic E-state index is -0.641. The van der Waals surface area contributed by atoms with E-state index in [4.69, 9.17) is 11.6 Å². The van der Waals surface area contributed by atoms with Crippen LogP contribution in [0, 0.1) is 5.82 Å². The van der Waals surface area contributed by atoms with Gasteiger partial charge in [-0.3, -0.25) is 9.59 Å². The van der Waals surface area contributed by atoms with E-state index in [9.17, 15) is 14.0 Å². The van der Waals surface area contributed by atoms with Crippen LogP contribution in [0.2, 0.25) is 5.02 Å². The van der Waals surface area contributed by atoms with E-state index in [0.717, 1.165) is 12.0 Å². The van der Waals surface area contributed by atoms with Gasteiger partial charge in [-0.2, -0.15) is 0 Å². The molecule has 0 aliphatic rings. The number of carbonyl (C=O) groups excluding carboxylic acids is 2. The minimum absolute atomic E-state index is 0.0273. The normalized spacial score (nSPS) is 12.9. The van der Waals surface area contributed by atoms with Gasteiger partial charge in [0.15, 0.2) is 0 Å². The summed E-state index contributed by atoms with van der Waals surface area (Å²) in [7, 11) is 0. The third-order valence-corrected chi connectivity index (χ3v) is 4.96. The third-order valence-electron chi connectivity index (χ3n) is 4.70. The lowest BCUT2D eigenvalue weighted by molar-refractivity contribution is -0.140. The second-order valence-electron chi connectivity index (χ2n) is 6.95. The maximum Gasteiger partial charge on any atom is 0.242 e. The molecule has 4 nitrogen and oxygen atoms in total. The molecule has 28 heavy (non-hydrogen) atoms. The molecule has 0 bridgehead atoms. The Morgan fingerprint density at radius 2 is 1.61 bits per heavy atom. The van der Waals surface area contributed by atoms with Crippen LogP contribution in [-0.2, 0) is 22.6 Å². The Hall–Kier alpha value is -2.40. The summed E-state index contributed by atoms with van der Waals surface area (Å²) in [4.78, 5) is 27.2. The second-order valence-corrected chi connectivity index (χ2v) is 7.38. The van der Waals surface area contributed by atoms with E-state index in [0.29, 0.717) is 10.6 Å². The summed E-state index contributed by atoms with van der Waals surface area (Å²) in [6.07, 6.45) is 0.897. The van der Waals surface area contributed by atoms with Crippen LogP contribution in [0.3, 0.4) is 0 Å². The predicted octanol–water partition coefficient (Wildman–Crippen LogP) is 4.35. The molecule has 2 amide bonds. The number of nitrogens with one attached hydrogen (secondary N) is 1. The lowest BCUT2D eigenvalue weighted by Crippen LogP contribution is -2.49. The molecule has 2 rings (SSSR count). The molecule has 2 atom stereocenters. The van der Waals surface area contributed by atoms with Crippen molar-refractivity contribution >= 4 is 23.4 Å². The lowest BCUT2D eigenvalue weighted by atomic mass is 10.1. The van der Waals surface area contributed by atoms with Crippen LogP contribution < -0.4 is 5.32 Å². The fourth-order valence-corrected chi connectivity index (χ4v) is 2.84. The van der Waals surface area contributed by atoms with E-state index in [2.05, 4.69) is 5.32 Å². The molecular weight excluding hydrogens is 379 g/mol. The van der Waals surface area contributed by atoms with Gasteiger partial charge < -0.3 is 10.2 Å². The van der Waals surface area contributed by atoms with E-state index < -0.39 is 6.04 Å². The van der Waals surface area contributed by atoms with Gasteiger partial charge in [-0.1, -0.05) is 42.8 Å². The van der Waals surface area contributed by atoms with Gasteiger partial charge in [0.05, 0.1) is 6.42 Å². The first-order valence-corrected chi connectivity index (χ1v) is 9.76.